The van der Waals surface area contributed by atoms with Crippen LogP contribution in [-0.2, 0) is 14.3 Å². The van der Waals surface area contributed by atoms with Crippen molar-refractivity contribution in [3.05, 3.63) is 10.1 Å². The highest BCUT2D eigenvalue weighted by molar-refractivity contribution is 5.83. The van der Waals surface area contributed by atoms with E-state index in [2.05, 4.69) is 5.32 Å². The molecule has 3 rings (SSSR count). The Kier molecular flexibility index (Phi) is 3.14. The van der Waals surface area contributed by atoms with Gasteiger partial charge in [0.25, 0.3) is 0 Å². The minimum atomic E-state index is -0.745. The molecule has 3 aliphatic rings. The average molecular weight is 282 g/mol. The fourth-order valence-corrected chi connectivity index (χ4v) is 3.94. The van der Waals surface area contributed by atoms with Crippen molar-refractivity contribution < 1.29 is 19.2 Å². The van der Waals surface area contributed by atoms with E-state index in [4.69, 9.17) is 4.74 Å². The zero-order chi connectivity index (χ0) is 14.4. The van der Waals surface area contributed by atoms with E-state index in [0.29, 0.717) is 12.3 Å². The average Bonchev–Trinajstić information content (AvgIpc) is 3.00. The van der Waals surface area contributed by atoms with Gasteiger partial charge in [0.1, 0.15) is 5.92 Å². The molecule has 3 fully saturated rings. The van der Waals surface area contributed by atoms with Crippen LogP contribution in [0.3, 0.4) is 0 Å². The number of esters is 1. The molecular weight excluding hydrogens is 264 g/mol. The van der Waals surface area contributed by atoms with Gasteiger partial charge in [-0.25, -0.2) is 0 Å². The van der Waals surface area contributed by atoms with Crippen molar-refractivity contribution in [2.75, 3.05) is 7.11 Å². The number of amides is 1. The van der Waals surface area contributed by atoms with Crippen molar-refractivity contribution in [3.8, 4) is 0 Å². The Bertz CT molecular complexity index is 466. The lowest BCUT2D eigenvalue weighted by atomic mass is 9.84. The van der Waals surface area contributed by atoms with Gasteiger partial charge in [0.2, 0.25) is 11.9 Å². The molecule has 0 aromatic carbocycles. The Labute approximate surface area is 116 Å². The van der Waals surface area contributed by atoms with E-state index < -0.39 is 16.9 Å². The Morgan fingerprint density at radius 1 is 1.25 bits per heavy atom. The monoisotopic (exact) mass is 282 g/mol. The van der Waals surface area contributed by atoms with E-state index in [1.54, 1.807) is 0 Å². The van der Waals surface area contributed by atoms with Crippen LogP contribution >= 0.6 is 0 Å². The van der Waals surface area contributed by atoms with Crippen molar-refractivity contribution in [2.24, 2.45) is 23.7 Å². The zero-order valence-electron chi connectivity index (χ0n) is 11.3. The van der Waals surface area contributed by atoms with E-state index in [-0.39, 0.29) is 29.8 Å². The number of nitrogens with zero attached hydrogens (tertiary/aromatic N) is 1. The van der Waals surface area contributed by atoms with Crippen LogP contribution in [0.25, 0.3) is 0 Å². The molecule has 0 aliphatic heterocycles. The molecule has 2 bridgehead atoms. The molecule has 0 saturated heterocycles. The number of hydrogen-bond donors (Lipinski definition) is 1. The predicted molar refractivity (Wildman–Crippen MR) is 67.2 cm³/mol. The van der Waals surface area contributed by atoms with Gasteiger partial charge in [-0.2, -0.15) is 0 Å². The van der Waals surface area contributed by atoms with Gasteiger partial charge in [-0.1, -0.05) is 0 Å². The summed E-state index contributed by atoms with van der Waals surface area (Å²) in [6.07, 6.45) is 3.25. The molecule has 0 spiro atoms. The summed E-state index contributed by atoms with van der Waals surface area (Å²) in [6.45, 7) is 0. The number of nitrogens with one attached hydrogen (secondary N) is 1. The van der Waals surface area contributed by atoms with Crippen LogP contribution in [0.2, 0.25) is 0 Å². The van der Waals surface area contributed by atoms with Crippen LogP contribution in [0, 0.1) is 33.8 Å². The molecular formula is C13H18N2O5. The van der Waals surface area contributed by atoms with E-state index in [9.17, 15) is 19.7 Å². The standard InChI is InChI=1S/C13H18N2O5/c1-20-13(17)10-6-2-3-7(4-6)11(10)14-12(16)8-5-9(8)15(18)19/h6-11H,2-5H2,1H3,(H,14,16)/t6-,7-,8+,9-,10+,11-/m0/s1. The summed E-state index contributed by atoms with van der Waals surface area (Å²) < 4.78 is 4.84. The quantitative estimate of drug-likeness (QED) is 0.456. The van der Waals surface area contributed by atoms with Gasteiger partial charge in [0.05, 0.1) is 13.0 Å². The largest absolute Gasteiger partial charge is 0.469 e. The molecule has 1 amide bonds. The smallest absolute Gasteiger partial charge is 0.311 e. The van der Waals surface area contributed by atoms with Crippen molar-refractivity contribution in [3.63, 3.8) is 0 Å². The molecule has 1 N–H and O–H groups in total. The Balaban J connectivity index is 1.65. The summed E-state index contributed by atoms with van der Waals surface area (Å²) in [5.74, 6) is -0.774. The number of carbonyl (C=O) groups excluding carboxylic acids is 2. The van der Waals surface area contributed by atoms with E-state index >= 15 is 0 Å². The summed E-state index contributed by atoms with van der Waals surface area (Å²) in [5, 5.41) is 13.5. The maximum Gasteiger partial charge on any atom is 0.311 e. The van der Waals surface area contributed by atoms with Crippen LogP contribution in [0.4, 0.5) is 0 Å². The van der Waals surface area contributed by atoms with Gasteiger partial charge in [-0.15, -0.1) is 0 Å². The number of methoxy groups -OCH3 is 1. The number of rotatable bonds is 4. The van der Waals surface area contributed by atoms with Crippen molar-refractivity contribution in [1.82, 2.24) is 5.32 Å². The van der Waals surface area contributed by atoms with Crippen LogP contribution in [0.5, 0.6) is 0 Å². The van der Waals surface area contributed by atoms with Gasteiger partial charge < -0.3 is 10.1 Å². The summed E-state index contributed by atoms with van der Waals surface area (Å²) in [4.78, 5) is 34.1. The van der Waals surface area contributed by atoms with Crippen LogP contribution in [0.1, 0.15) is 25.7 Å². The van der Waals surface area contributed by atoms with E-state index in [0.717, 1.165) is 19.3 Å². The molecule has 7 heteroatoms. The van der Waals surface area contributed by atoms with Crippen molar-refractivity contribution in [2.45, 2.75) is 37.8 Å². The molecule has 0 unspecified atom stereocenters. The maximum absolute atomic E-state index is 12.0. The lowest BCUT2D eigenvalue weighted by Gasteiger charge is -2.29. The lowest BCUT2D eigenvalue weighted by Crippen LogP contribution is -2.48. The summed E-state index contributed by atoms with van der Waals surface area (Å²) in [6, 6.07) is -0.952. The molecule has 6 atom stereocenters. The van der Waals surface area contributed by atoms with E-state index in [1.807, 2.05) is 0 Å². The first-order valence-corrected chi connectivity index (χ1v) is 7.04. The fourth-order valence-electron chi connectivity index (χ4n) is 3.94. The first kappa shape index (κ1) is 13.3. The highest BCUT2D eigenvalue weighted by Gasteiger charge is 2.57. The van der Waals surface area contributed by atoms with Gasteiger partial charge in [0, 0.05) is 17.4 Å². The SMILES string of the molecule is COC(=O)[C@@H]1[C@H]2CC[C@@H](C2)[C@@H]1NC(=O)[C@@H]1C[C@@H]1[N+](=O)[O-]. The Hall–Kier alpha value is -1.66. The topological polar surface area (TPSA) is 98.5 Å². The number of fused-ring (bicyclic) bond motifs is 2. The number of carbonyl (C=O) groups is 2. The molecule has 3 aliphatic carbocycles. The molecule has 3 saturated carbocycles. The summed E-state index contributed by atoms with van der Waals surface area (Å²) in [5.41, 5.74) is 0. The minimum absolute atomic E-state index is 0.207. The van der Waals surface area contributed by atoms with Gasteiger partial charge in [-0.05, 0) is 31.1 Å². The van der Waals surface area contributed by atoms with Crippen LogP contribution < -0.4 is 5.32 Å². The van der Waals surface area contributed by atoms with Crippen molar-refractivity contribution in [1.29, 1.82) is 0 Å². The minimum Gasteiger partial charge on any atom is -0.469 e. The van der Waals surface area contributed by atoms with Gasteiger partial charge >= 0.3 is 5.97 Å². The second-order valence-electron chi connectivity index (χ2n) is 6.11. The zero-order valence-corrected chi connectivity index (χ0v) is 11.3. The summed E-state index contributed by atoms with van der Waals surface area (Å²) >= 11 is 0. The third kappa shape index (κ3) is 2.05. The maximum atomic E-state index is 12.0. The lowest BCUT2D eigenvalue weighted by molar-refractivity contribution is -0.497. The number of ether oxygens (including phenoxy) is 1. The summed E-state index contributed by atoms with van der Waals surface area (Å²) in [7, 11) is 1.36. The Morgan fingerprint density at radius 3 is 2.55 bits per heavy atom. The first-order chi connectivity index (χ1) is 9.52. The molecule has 20 heavy (non-hydrogen) atoms. The second-order valence-corrected chi connectivity index (χ2v) is 6.11. The number of nitro groups is 1. The first-order valence-electron chi connectivity index (χ1n) is 7.04. The number of hydrogen-bond acceptors (Lipinski definition) is 5. The van der Waals surface area contributed by atoms with Crippen LogP contribution in [0.15, 0.2) is 0 Å². The van der Waals surface area contributed by atoms with Crippen LogP contribution in [-0.4, -0.2) is 36.0 Å². The van der Waals surface area contributed by atoms with E-state index in [1.165, 1.54) is 7.11 Å². The van der Waals surface area contributed by atoms with Gasteiger partial charge in [0.15, 0.2) is 0 Å². The molecule has 0 aromatic heterocycles. The highest BCUT2D eigenvalue weighted by atomic mass is 16.6. The predicted octanol–water partition coefficient (Wildman–Crippen LogP) is 0.355. The Morgan fingerprint density at radius 2 is 1.95 bits per heavy atom. The van der Waals surface area contributed by atoms with Gasteiger partial charge in [-0.3, -0.25) is 19.7 Å². The molecule has 7 nitrogen and oxygen atoms in total. The molecule has 0 radical (unpaired) electrons. The third-order valence-electron chi connectivity index (χ3n) is 5.06. The third-order valence-corrected chi connectivity index (χ3v) is 5.06. The molecule has 0 aromatic rings. The van der Waals surface area contributed by atoms with Crippen molar-refractivity contribution >= 4 is 11.9 Å². The fraction of sp³-hybridized carbons (Fsp3) is 0.846. The molecule has 110 valence electrons. The second kappa shape index (κ2) is 4.71. The molecule has 0 heterocycles. The normalized spacial score (nSPS) is 41.2. The highest BCUT2D eigenvalue weighted by Crippen LogP contribution is 2.49.